The molecule has 1 saturated carbocycles. The molecule has 64 valence electrons. The van der Waals surface area contributed by atoms with Crippen LogP contribution in [0, 0.1) is 11.3 Å². The Morgan fingerprint density at radius 3 is 2.45 bits per heavy atom. The van der Waals surface area contributed by atoms with Crippen molar-refractivity contribution in [2.24, 2.45) is 17.1 Å². The molecule has 0 saturated heterocycles. The molecule has 11 heavy (non-hydrogen) atoms. The molecule has 0 aromatic heterocycles. The van der Waals surface area contributed by atoms with Gasteiger partial charge in [-0.2, -0.15) is 0 Å². The van der Waals surface area contributed by atoms with Gasteiger partial charge in [-0.1, -0.05) is 13.8 Å². The summed E-state index contributed by atoms with van der Waals surface area (Å²) in [6.07, 6.45) is 1.28. The predicted octanol–water partition coefficient (Wildman–Crippen LogP) is 1.25. The summed E-state index contributed by atoms with van der Waals surface area (Å²) in [6.45, 7) is 6.68. The van der Waals surface area contributed by atoms with E-state index in [2.05, 4.69) is 26.1 Å². The van der Waals surface area contributed by atoms with E-state index >= 15 is 0 Å². The van der Waals surface area contributed by atoms with Crippen molar-refractivity contribution in [3.05, 3.63) is 0 Å². The van der Waals surface area contributed by atoms with Crippen molar-refractivity contribution >= 4 is 17.3 Å². The molecule has 1 rings (SSSR count). The van der Waals surface area contributed by atoms with E-state index in [1.807, 2.05) is 0 Å². The van der Waals surface area contributed by atoms with Crippen LogP contribution >= 0.6 is 12.2 Å². The molecule has 0 bridgehead atoms. The number of rotatable bonds is 2. The molecule has 2 unspecified atom stereocenters. The first kappa shape index (κ1) is 8.78. The van der Waals surface area contributed by atoms with E-state index in [9.17, 15) is 0 Å². The lowest BCUT2D eigenvalue weighted by molar-refractivity contribution is 0.475. The Morgan fingerprint density at radius 2 is 2.18 bits per heavy atom. The van der Waals surface area contributed by atoms with Crippen LogP contribution in [0.2, 0.25) is 0 Å². The average molecular weight is 172 g/mol. The average Bonchev–Trinajstić information content (AvgIpc) is 2.38. The van der Waals surface area contributed by atoms with Gasteiger partial charge in [0.1, 0.15) is 0 Å². The first-order chi connectivity index (χ1) is 4.93. The summed E-state index contributed by atoms with van der Waals surface area (Å²) < 4.78 is 0. The largest absolute Gasteiger partial charge is 0.376 e. The standard InChI is InChI=1S/C8H16N2S/c1-5(10-7(9)11)6-4-8(6,2)3/h5-6H,4H2,1-3H3,(H3,9,10,11). The van der Waals surface area contributed by atoms with E-state index in [4.69, 9.17) is 18.0 Å². The third-order valence-electron chi connectivity index (χ3n) is 2.56. The molecule has 0 aliphatic heterocycles. The van der Waals surface area contributed by atoms with Gasteiger partial charge in [-0.3, -0.25) is 0 Å². The summed E-state index contributed by atoms with van der Waals surface area (Å²) in [6, 6.07) is 0.433. The number of nitrogens with two attached hydrogens (primary N) is 1. The lowest BCUT2D eigenvalue weighted by Gasteiger charge is -2.14. The zero-order valence-corrected chi connectivity index (χ0v) is 8.16. The lowest BCUT2D eigenvalue weighted by atomic mass is 10.1. The first-order valence-electron chi connectivity index (χ1n) is 3.99. The summed E-state index contributed by atoms with van der Waals surface area (Å²) in [7, 11) is 0. The molecule has 3 N–H and O–H groups in total. The van der Waals surface area contributed by atoms with Gasteiger partial charge >= 0.3 is 0 Å². The Balaban J connectivity index is 2.34. The molecule has 1 fully saturated rings. The molecule has 2 atom stereocenters. The number of hydrogen-bond acceptors (Lipinski definition) is 1. The fraction of sp³-hybridized carbons (Fsp3) is 0.875. The van der Waals surface area contributed by atoms with Gasteiger partial charge in [-0.05, 0) is 36.9 Å². The Morgan fingerprint density at radius 1 is 1.73 bits per heavy atom. The van der Waals surface area contributed by atoms with Gasteiger partial charge in [0, 0.05) is 6.04 Å². The summed E-state index contributed by atoms with van der Waals surface area (Å²) in [5.41, 5.74) is 5.87. The fourth-order valence-corrected chi connectivity index (χ4v) is 1.87. The minimum absolute atomic E-state index is 0.417. The Bertz CT molecular complexity index is 177. The van der Waals surface area contributed by atoms with Crippen LogP contribution in [0.3, 0.4) is 0 Å². The number of thiocarbonyl (C=S) groups is 1. The van der Waals surface area contributed by atoms with E-state index in [-0.39, 0.29) is 0 Å². The van der Waals surface area contributed by atoms with Crippen LogP contribution in [0.15, 0.2) is 0 Å². The molecule has 2 nitrogen and oxygen atoms in total. The van der Waals surface area contributed by atoms with E-state index in [0.29, 0.717) is 16.6 Å². The zero-order chi connectivity index (χ0) is 8.65. The maximum atomic E-state index is 5.37. The number of hydrogen-bond donors (Lipinski definition) is 2. The van der Waals surface area contributed by atoms with Gasteiger partial charge in [0.2, 0.25) is 0 Å². The van der Waals surface area contributed by atoms with Crippen molar-refractivity contribution in [2.45, 2.75) is 33.2 Å². The molecule has 0 heterocycles. The third-order valence-corrected chi connectivity index (χ3v) is 2.68. The summed E-state index contributed by atoms with van der Waals surface area (Å²) >= 11 is 4.76. The number of nitrogens with one attached hydrogen (secondary N) is 1. The van der Waals surface area contributed by atoms with E-state index in [0.717, 1.165) is 5.92 Å². The maximum absolute atomic E-state index is 5.37. The van der Waals surface area contributed by atoms with Crippen molar-refractivity contribution < 1.29 is 0 Å². The first-order valence-corrected chi connectivity index (χ1v) is 4.40. The van der Waals surface area contributed by atoms with Crippen LogP contribution in [0.25, 0.3) is 0 Å². The van der Waals surface area contributed by atoms with Gasteiger partial charge < -0.3 is 11.1 Å². The summed E-state index contributed by atoms with van der Waals surface area (Å²) in [4.78, 5) is 0. The van der Waals surface area contributed by atoms with Crippen molar-refractivity contribution in [2.75, 3.05) is 0 Å². The third kappa shape index (κ3) is 2.06. The highest BCUT2D eigenvalue weighted by Crippen LogP contribution is 2.53. The molecule has 3 heteroatoms. The van der Waals surface area contributed by atoms with Crippen LogP contribution in [0.1, 0.15) is 27.2 Å². The SMILES string of the molecule is CC(NC(N)=S)C1CC1(C)C. The smallest absolute Gasteiger partial charge is 0.163 e. The van der Waals surface area contributed by atoms with Crippen LogP contribution in [0.5, 0.6) is 0 Å². The van der Waals surface area contributed by atoms with Crippen LogP contribution in [-0.4, -0.2) is 11.2 Å². The summed E-state index contributed by atoms with van der Waals surface area (Å²) in [5, 5.41) is 3.49. The Hall–Kier alpha value is -0.310. The van der Waals surface area contributed by atoms with Crippen LogP contribution in [0.4, 0.5) is 0 Å². The fourth-order valence-electron chi connectivity index (χ4n) is 1.69. The van der Waals surface area contributed by atoms with Gasteiger partial charge in [-0.25, -0.2) is 0 Å². The van der Waals surface area contributed by atoms with Gasteiger partial charge in [0.15, 0.2) is 5.11 Å². The molecular weight excluding hydrogens is 156 g/mol. The van der Waals surface area contributed by atoms with Crippen molar-refractivity contribution in [1.29, 1.82) is 0 Å². The van der Waals surface area contributed by atoms with Crippen molar-refractivity contribution in [3.8, 4) is 0 Å². The highest BCUT2D eigenvalue weighted by atomic mass is 32.1. The maximum Gasteiger partial charge on any atom is 0.163 e. The molecule has 0 aromatic rings. The molecular formula is C8H16N2S. The highest BCUT2D eigenvalue weighted by Gasteiger charge is 2.48. The molecule has 0 radical (unpaired) electrons. The highest BCUT2D eigenvalue weighted by molar-refractivity contribution is 7.80. The second kappa shape index (κ2) is 2.63. The van der Waals surface area contributed by atoms with Crippen molar-refractivity contribution in [1.82, 2.24) is 5.32 Å². The van der Waals surface area contributed by atoms with E-state index in [1.54, 1.807) is 0 Å². The molecule has 1 aliphatic carbocycles. The predicted molar refractivity (Wildman–Crippen MR) is 51.3 cm³/mol. The van der Waals surface area contributed by atoms with E-state index in [1.165, 1.54) is 6.42 Å². The topological polar surface area (TPSA) is 38.0 Å². The van der Waals surface area contributed by atoms with Gasteiger partial charge in [0.05, 0.1) is 0 Å². The lowest BCUT2D eigenvalue weighted by Crippen LogP contribution is -2.38. The van der Waals surface area contributed by atoms with Crippen molar-refractivity contribution in [3.63, 3.8) is 0 Å². The summed E-state index contributed by atoms with van der Waals surface area (Å²) in [5.74, 6) is 0.740. The zero-order valence-electron chi connectivity index (χ0n) is 7.35. The van der Waals surface area contributed by atoms with Crippen LogP contribution < -0.4 is 11.1 Å². The molecule has 0 amide bonds. The molecule has 0 spiro atoms. The Kier molecular flexibility index (Phi) is 2.10. The minimum atomic E-state index is 0.417. The van der Waals surface area contributed by atoms with Gasteiger partial charge in [0.25, 0.3) is 0 Å². The second-order valence-electron chi connectivity index (χ2n) is 4.10. The molecule has 1 aliphatic rings. The molecule has 0 aromatic carbocycles. The van der Waals surface area contributed by atoms with Gasteiger partial charge in [-0.15, -0.1) is 0 Å². The van der Waals surface area contributed by atoms with E-state index < -0.39 is 0 Å². The normalized spacial score (nSPS) is 29.2. The quantitative estimate of drug-likeness (QED) is 0.616. The minimum Gasteiger partial charge on any atom is -0.376 e. The monoisotopic (exact) mass is 172 g/mol. The van der Waals surface area contributed by atoms with Crippen LogP contribution in [-0.2, 0) is 0 Å². The second-order valence-corrected chi connectivity index (χ2v) is 4.54. The Labute approximate surface area is 73.5 Å².